The highest BCUT2D eigenvalue weighted by atomic mass is 35.5. The highest BCUT2D eigenvalue weighted by Crippen LogP contribution is 2.52. The van der Waals surface area contributed by atoms with E-state index in [9.17, 15) is 58.2 Å². The van der Waals surface area contributed by atoms with Crippen molar-refractivity contribution in [1.82, 2.24) is 31.1 Å². The van der Waals surface area contributed by atoms with Gasteiger partial charge in [0.2, 0.25) is 35.4 Å². The van der Waals surface area contributed by atoms with Gasteiger partial charge in [0.25, 0.3) is 0 Å². The molecule has 0 aliphatic carbocycles. The third-order valence-corrected chi connectivity index (χ3v) is 30.0. The number of allylic oxidation sites excluding steroid dienone is 6. The summed E-state index contributed by atoms with van der Waals surface area (Å²) in [4.78, 5) is 137. The third-order valence-electron chi connectivity index (χ3n) is 22.9. The maximum absolute atomic E-state index is 14.3. The number of aliphatic hydroxyl groups is 2. The van der Waals surface area contributed by atoms with E-state index in [2.05, 4.69) is 21.3 Å². The van der Waals surface area contributed by atoms with Gasteiger partial charge in [-0.25, -0.2) is 19.2 Å². The SMILES string of the molecule is CNC(=O)CCC(C)SSCCC(=O)N(C)[C@@H](C)C(=O)O[C@H]1CC(=O)N(C)c2cc(cc(OC)c2Cl)C/C(C)=C/C=C/[C@@H](OC)[C@@]2(O)C[C@H](OC(=O)N2)[C@@H](C)[C@@H]2O[C@@]12C.CNC(=O)CCCSSC(C)(C)CCC(=O)N(C)[C@@H](C)C(=O)O[C@H]1CC(=O)N(C)c2cc(cc(OC)c2Cl)C/C(C)=C/C=C/[C@@H](OC)[C@@]2(O)C[C@H](OC(=O)N2)[C@@H](C)[C@@H]2O[C@@]12C. The number of carbonyl (C=O) groups is 10. The van der Waals surface area contributed by atoms with Gasteiger partial charge < -0.3 is 87.8 Å². The molecule has 6 aliphatic rings. The molecule has 6 heterocycles. The number of likely N-dealkylation sites (N-methyl/N-ethyl adjacent to an activating group) is 2. The Morgan fingerprint density at radius 2 is 1.06 bits per heavy atom. The molecular weight excluding hydrogens is 1670 g/mol. The summed E-state index contributed by atoms with van der Waals surface area (Å²) in [5.41, 5.74) is -1.95. The molecule has 0 radical (unpaired) electrons. The minimum absolute atomic E-state index is 0.00290. The van der Waals surface area contributed by atoms with Crippen molar-refractivity contribution in [2.24, 2.45) is 11.8 Å². The Balaban J connectivity index is 0.000000331. The molecular formula is C84H122Cl2N8O22S4. The lowest BCUT2D eigenvalue weighted by atomic mass is 9.83. The Labute approximate surface area is 730 Å². The van der Waals surface area contributed by atoms with Crippen LogP contribution in [0.2, 0.25) is 10.0 Å². The summed E-state index contributed by atoms with van der Waals surface area (Å²) in [6, 6.07) is 5.13. The zero-order valence-electron chi connectivity index (χ0n) is 72.6. The van der Waals surface area contributed by atoms with Crippen LogP contribution in [-0.2, 0) is 89.1 Å². The number of methoxy groups -OCH3 is 4. The molecule has 120 heavy (non-hydrogen) atoms. The van der Waals surface area contributed by atoms with Crippen molar-refractivity contribution in [1.29, 1.82) is 0 Å². The Morgan fingerprint density at radius 1 is 0.642 bits per heavy atom. The van der Waals surface area contributed by atoms with E-state index in [1.807, 2.05) is 46.8 Å². The number of alkyl carbamates (subject to hydrolysis) is 2. The fraction of sp³-hybridized carbons (Fsp3) is 0.643. The van der Waals surface area contributed by atoms with Crippen LogP contribution in [0.25, 0.3) is 0 Å². The molecule has 8 amide bonds. The van der Waals surface area contributed by atoms with Crippen LogP contribution < -0.4 is 40.5 Å². The van der Waals surface area contributed by atoms with Gasteiger partial charge in [0, 0.05) is 128 Å². The largest absolute Gasteiger partial charge is 0.495 e. The van der Waals surface area contributed by atoms with Crippen LogP contribution in [-0.4, -0.2) is 255 Å². The minimum Gasteiger partial charge on any atom is -0.495 e. The summed E-state index contributed by atoms with van der Waals surface area (Å²) in [6.07, 6.45) is 4.86. The number of ether oxygens (including phenoxy) is 10. The van der Waals surface area contributed by atoms with Crippen molar-refractivity contribution < 1.29 is 106 Å². The predicted octanol–water partition coefficient (Wildman–Crippen LogP) is 11.2. The number of fused-ring (bicyclic) bond motifs is 10. The van der Waals surface area contributed by atoms with Crippen LogP contribution in [0.15, 0.2) is 71.9 Å². The summed E-state index contributed by atoms with van der Waals surface area (Å²) in [7, 11) is 21.7. The van der Waals surface area contributed by atoms with Crippen LogP contribution in [0.5, 0.6) is 11.5 Å². The zero-order chi connectivity index (χ0) is 89.3. The van der Waals surface area contributed by atoms with Crippen molar-refractivity contribution in [2.45, 2.75) is 253 Å². The van der Waals surface area contributed by atoms with Crippen LogP contribution >= 0.6 is 66.4 Å². The lowest BCUT2D eigenvalue weighted by molar-refractivity contribution is -0.162. The molecule has 1 unspecified atom stereocenters. The Hall–Kier alpha value is -6.96. The van der Waals surface area contributed by atoms with E-state index in [0.29, 0.717) is 67.2 Å². The van der Waals surface area contributed by atoms with Gasteiger partial charge in [0.15, 0.2) is 11.4 Å². The fourth-order valence-electron chi connectivity index (χ4n) is 14.7. The van der Waals surface area contributed by atoms with Crippen LogP contribution in [0.1, 0.15) is 158 Å². The molecule has 0 saturated carbocycles. The summed E-state index contributed by atoms with van der Waals surface area (Å²) >= 11 is 13.6. The smallest absolute Gasteiger partial charge is 0.409 e. The van der Waals surface area contributed by atoms with E-state index in [0.717, 1.165) is 34.4 Å². The molecule has 30 nitrogen and oxygen atoms in total. The van der Waals surface area contributed by atoms with Gasteiger partial charge in [0.1, 0.15) is 81.5 Å². The Morgan fingerprint density at radius 3 is 1.47 bits per heavy atom. The fourth-order valence-corrected chi connectivity index (χ4v) is 20.3. The van der Waals surface area contributed by atoms with Gasteiger partial charge in [-0.1, -0.05) is 135 Å². The van der Waals surface area contributed by atoms with Crippen molar-refractivity contribution in [3.63, 3.8) is 0 Å². The molecule has 8 rings (SSSR count). The summed E-state index contributed by atoms with van der Waals surface area (Å²) in [5.74, 6) is -1.97. The number of nitrogens with one attached hydrogen (secondary N) is 4. The van der Waals surface area contributed by atoms with Crippen molar-refractivity contribution in [2.75, 3.05) is 92.0 Å². The average Bonchev–Trinajstić information content (AvgIpc) is 1.57. The van der Waals surface area contributed by atoms with Gasteiger partial charge >= 0.3 is 24.1 Å². The molecule has 0 spiro atoms. The summed E-state index contributed by atoms with van der Waals surface area (Å²) in [6.45, 7) is 20.1. The van der Waals surface area contributed by atoms with Gasteiger partial charge in [-0.05, 0) is 123 Å². The molecule has 668 valence electrons. The number of epoxide rings is 2. The van der Waals surface area contributed by atoms with Gasteiger partial charge in [-0.3, -0.25) is 39.4 Å². The number of anilines is 2. The number of halogens is 2. The second-order valence-electron chi connectivity index (χ2n) is 32.4. The monoisotopic (exact) mass is 1790 g/mol. The topological polar surface area (TPSA) is 371 Å². The summed E-state index contributed by atoms with van der Waals surface area (Å²) < 4.78 is 58.5. The molecule has 17 atom stereocenters. The molecule has 6 aliphatic heterocycles. The normalized spacial score (nSPS) is 29.2. The first-order chi connectivity index (χ1) is 56.4. The molecule has 8 bridgehead atoms. The molecule has 36 heteroatoms. The van der Waals surface area contributed by atoms with Crippen molar-refractivity contribution in [3.8, 4) is 11.5 Å². The minimum atomic E-state index is -1.84. The number of hydrogen-bond donors (Lipinski definition) is 6. The number of nitrogens with zero attached hydrogens (tertiary/aromatic N) is 4. The van der Waals surface area contributed by atoms with Crippen LogP contribution in [0, 0.1) is 11.8 Å². The highest BCUT2D eigenvalue weighted by molar-refractivity contribution is 8.77. The first-order valence-electron chi connectivity index (χ1n) is 40.1. The maximum atomic E-state index is 14.3. The lowest BCUT2D eigenvalue weighted by Crippen LogP contribution is -2.63. The molecule has 4 saturated heterocycles. The first-order valence-corrected chi connectivity index (χ1v) is 45.5. The second kappa shape index (κ2) is 44.1. The van der Waals surface area contributed by atoms with Gasteiger partial charge in [-0.15, -0.1) is 0 Å². The number of esters is 2. The second-order valence-corrected chi connectivity index (χ2v) is 39.2. The molecule has 4 fully saturated rings. The zero-order valence-corrected chi connectivity index (χ0v) is 77.4. The van der Waals surface area contributed by atoms with Gasteiger partial charge in [0.05, 0.1) is 50.6 Å². The number of rotatable bonds is 27. The predicted molar refractivity (Wildman–Crippen MR) is 466 cm³/mol. The average molecular weight is 1800 g/mol. The quantitative estimate of drug-likeness (QED) is 0.0159. The maximum Gasteiger partial charge on any atom is 0.409 e. The number of hydrogen-bond acceptors (Lipinski definition) is 26. The van der Waals surface area contributed by atoms with E-state index in [1.54, 1.807) is 158 Å². The molecule has 2 aromatic carbocycles. The van der Waals surface area contributed by atoms with Crippen LogP contribution in [0.4, 0.5) is 21.0 Å². The van der Waals surface area contributed by atoms with E-state index in [4.69, 9.17) is 70.6 Å². The first kappa shape index (κ1) is 100. The van der Waals surface area contributed by atoms with E-state index < -0.39 is 131 Å². The number of amides is 8. The van der Waals surface area contributed by atoms with Gasteiger partial charge in [-0.2, -0.15) is 0 Å². The molecule has 2 aromatic rings. The van der Waals surface area contributed by atoms with Crippen molar-refractivity contribution in [3.05, 3.63) is 93.0 Å². The Kier molecular flexibility index (Phi) is 36.8. The summed E-state index contributed by atoms with van der Waals surface area (Å²) in [5, 5.41) is 34.5. The van der Waals surface area contributed by atoms with E-state index in [-0.39, 0.29) is 82.2 Å². The highest BCUT2D eigenvalue weighted by Gasteiger charge is 2.66. The number of benzene rings is 2. The third kappa shape index (κ3) is 26.3. The standard InChI is InChI=1S/C43H63ClN4O11S2.C41H59ClN4O11S2/c1-25-14-12-15-32(56-11)43(54)24-31(57-40(53)46-43)26(2)38-42(6,59-38)33(23-36(51)48(9)29-21-28(20-25)22-30(55-10)37(29)44)58-39(52)27(3)47(8)35(50)17-18-41(4,5)61-60-19-13-16-34(49)45-7;1-23-12-11-13-31(54-10)41(52)22-30(55-39(51)44-41)25(3)37-40(5,57-37)32(21-35(49)46(8)28-19-27(18-23)20-29(53-9)36(28)42)56-38(50)26(4)45(7)34(48)16-17-58-59-24(2)14-15-33(47)43-6/h12,14-15,21-22,26-27,31-33,38,54H,13,16-20,23-24H2,1-11H3,(H,45,49)(H,46,53);11-13,19-20,24-26,30-32,37,52H,14-18,21-22H2,1-10H3,(H,43,47)(H,44,51)/b15-12+,25-14+;13-11+,23-12+/t26-,27+,31+,32-,33+,38+,42+,43+;24?,25-,26+,30+,31-,32+,37+,40+,41+/m11/s1. The Bertz CT molecular complexity index is 4140. The van der Waals surface area contributed by atoms with E-state index in [1.165, 1.54) is 65.9 Å². The molecule has 6 N–H and O–H groups in total. The number of carbonyl (C=O) groups excluding carboxylic acids is 10. The van der Waals surface area contributed by atoms with Crippen molar-refractivity contribution >= 4 is 137 Å². The van der Waals surface area contributed by atoms with E-state index >= 15 is 0 Å². The molecule has 0 aromatic heterocycles. The van der Waals surface area contributed by atoms with Crippen LogP contribution in [0.3, 0.4) is 0 Å². The lowest BCUT2D eigenvalue weighted by Gasteiger charge is -2.42.